The summed E-state index contributed by atoms with van der Waals surface area (Å²) in [6.45, 7) is 8.18. The van der Waals surface area contributed by atoms with Gasteiger partial charge in [-0.25, -0.2) is 9.59 Å². The molecule has 5 heteroatoms. The first-order valence-corrected chi connectivity index (χ1v) is 7.20. The standard InChI is InChI=1S/C14H28N2O3/c1-5-7-8-12(13(17)18)16-14(19)15-11(4)9-10(3)6-2/h10-12H,5-9H2,1-4H3,(H,17,18)(H2,15,16,19)/t10?,11?,12-/m0/s1. The largest absolute Gasteiger partial charge is 0.480 e. The van der Waals surface area contributed by atoms with E-state index in [4.69, 9.17) is 5.11 Å². The maximum Gasteiger partial charge on any atom is 0.326 e. The van der Waals surface area contributed by atoms with Crippen molar-refractivity contribution in [1.82, 2.24) is 10.6 Å². The second kappa shape index (κ2) is 9.64. The van der Waals surface area contributed by atoms with Gasteiger partial charge in [0.25, 0.3) is 0 Å². The van der Waals surface area contributed by atoms with Crippen molar-refractivity contribution in [2.75, 3.05) is 0 Å². The van der Waals surface area contributed by atoms with Gasteiger partial charge in [0.1, 0.15) is 6.04 Å². The number of carbonyl (C=O) groups excluding carboxylic acids is 1. The lowest BCUT2D eigenvalue weighted by atomic mass is 10.0. The maximum atomic E-state index is 11.7. The molecule has 0 heterocycles. The smallest absolute Gasteiger partial charge is 0.326 e. The lowest BCUT2D eigenvalue weighted by molar-refractivity contribution is -0.139. The summed E-state index contributed by atoms with van der Waals surface area (Å²) in [5.41, 5.74) is 0. The van der Waals surface area contributed by atoms with Crippen LogP contribution in [0.2, 0.25) is 0 Å². The van der Waals surface area contributed by atoms with Crippen molar-refractivity contribution in [3.05, 3.63) is 0 Å². The van der Waals surface area contributed by atoms with E-state index in [0.29, 0.717) is 12.3 Å². The Kier molecular flexibility index (Phi) is 9.00. The van der Waals surface area contributed by atoms with Gasteiger partial charge < -0.3 is 15.7 Å². The second-order valence-corrected chi connectivity index (χ2v) is 5.30. The predicted octanol–water partition coefficient (Wildman–Crippen LogP) is 2.75. The van der Waals surface area contributed by atoms with E-state index in [1.165, 1.54) is 0 Å². The zero-order chi connectivity index (χ0) is 14.8. The van der Waals surface area contributed by atoms with Crippen LogP contribution in [0, 0.1) is 5.92 Å². The van der Waals surface area contributed by atoms with E-state index in [0.717, 1.165) is 25.7 Å². The number of rotatable bonds is 9. The van der Waals surface area contributed by atoms with E-state index >= 15 is 0 Å². The van der Waals surface area contributed by atoms with Crippen molar-refractivity contribution in [3.63, 3.8) is 0 Å². The van der Waals surface area contributed by atoms with Gasteiger partial charge in [0.15, 0.2) is 0 Å². The third-order valence-electron chi connectivity index (χ3n) is 3.28. The first-order chi connectivity index (χ1) is 8.90. The molecule has 0 aliphatic carbocycles. The highest BCUT2D eigenvalue weighted by molar-refractivity contribution is 5.82. The van der Waals surface area contributed by atoms with Crippen molar-refractivity contribution in [2.45, 2.75) is 71.9 Å². The van der Waals surface area contributed by atoms with Crippen LogP contribution in [0.15, 0.2) is 0 Å². The molecular weight excluding hydrogens is 244 g/mol. The minimum absolute atomic E-state index is 0.0515. The van der Waals surface area contributed by atoms with Gasteiger partial charge in [-0.15, -0.1) is 0 Å². The lowest BCUT2D eigenvalue weighted by Crippen LogP contribution is -2.48. The zero-order valence-electron chi connectivity index (χ0n) is 12.5. The summed E-state index contributed by atoms with van der Waals surface area (Å²) >= 11 is 0. The molecule has 0 aromatic heterocycles. The Balaban J connectivity index is 4.14. The van der Waals surface area contributed by atoms with Crippen LogP contribution in [0.4, 0.5) is 4.79 Å². The average molecular weight is 272 g/mol. The number of carboxylic acids is 1. The Morgan fingerprint density at radius 1 is 1.16 bits per heavy atom. The van der Waals surface area contributed by atoms with Crippen LogP contribution in [0.3, 0.4) is 0 Å². The summed E-state index contributed by atoms with van der Waals surface area (Å²) in [6.07, 6.45) is 4.15. The van der Waals surface area contributed by atoms with E-state index in [-0.39, 0.29) is 12.1 Å². The van der Waals surface area contributed by atoms with Gasteiger partial charge in [0.2, 0.25) is 0 Å². The van der Waals surface area contributed by atoms with E-state index in [9.17, 15) is 9.59 Å². The van der Waals surface area contributed by atoms with Crippen molar-refractivity contribution in [2.24, 2.45) is 5.92 Å². The number of hydrogen-bond donors (Lipinski definition) is 3. The molecule has 0 fully saturated rings. The van der Waals surface area contributed by atoms with Crippen molar-refractivity contribution < 1.29 is 14.7 Å². The van der Waals surface area contributed by atoms with E-state index in [1.54, 1.807) is 0 Å². The number of hydrogen-bond acceptors (Lipinski definition) is 2. The van der Waals surface area contributed by atoms with Crippen molar-refractivity contribution in [1.29, 1.82) is 0 Å². The molecule has 112 valence electrons. The monoisotopic (exact) mass is 272 g/mol. The summed E-state index contributed by atoms with van der Waals surface area (Å²) in [5, 5.41) is 14.3. The molecule has 0 aliphatic rings. The Labute approximate surface area is 116 Å². The minimum Gasteiger partial charge on any atom is -0.480 e. The highest BCUT2D eigenvalue weighted by Gasteiger charge is 2.20. The summed E-state index contributed by atoms with van der Waals surface area (Å²) in [6, 6.07) is -1.13. The number of nitrogens with one attached hydrogen (secondary N) is 2. The highest BCUT2D eigenvalue weighted by atomic mass is 16.4. The predicted molar refractivity (Wildman–Crippen MR) is 76.2 cm³/mol. The van der Waals surface area contributed by atoms with Crippen LogP contribution >= 0.6 is 0 Å². The Hall–Kier alpha value is -1.26. The lowest BCUT2D eigenvalue weighted by Gasteiger charge is -2.20. The van der Waals surface area contributed by atoms with Gasteiger partial charge in [-0.3, -0.25) is 0 Å². The van der Waals surface area contributed by atoms with Gasteiger partial charge in [0.05, 0.1) is 0 Å². The molecule has 0 aliphatic heterocycles. The molecule has 2 amide bonds. The normalized spacial score (nSPS) is 15.4. The van der Waals surface area contributed by atoms with Gasteiger partial charge in [-0.05, 0) is 25.7 Å². The molecule has 0 aromatic rings. The number of amides is 2. The van der Waals surface area contributed by atoms with Gasteiger partial charge in [-0.1, -0.05) is 40.0 Å². The van der Waals surface area contributed by atoms with Gasteiger partial charge in [0, 0.05) is 6.04 Å². The van der Waals surface area contributed by atoms with Crippen molar-refractivity contribution in [3.8, 4) is 0 Å². The van der Waals surface area contributed by atoms with Crippen LogP contribution in [0.25, 0.3) is 0 Å². The van der Waals surface area contributed by atoms with Crippen molar-refractivity contribution >= 4 is 12.0 Å². The topological polar surface area (TPSA) is 78.4 Å². The molecule has 0 rings (SSSR count). The molecule has 0 radical (unpaired) electrons. The first-order valence-electron chi connectivity index (χ1n) is 7.20. The number of carboxylic acid groups (broad SMARTS) is 1. The van der Waals surface area contributed by atoms with Crippen LogP contribution in [0.1, 0.15) is 59.8 Å². The van der Waals surface area contributed by atoms with E-state index < -0.39 is 12.0 Å². The molecule has 19 heavy (non-hydrogen) atoms. The number of carbonyl (C=O) groups is 2. The third kappa shape index (κ3) is 8.46. The molecule has 0 saturated carbocycles. The van der Waals surface area contributed by atoms with E-state index in [1.807, 2.05) is 13.8 Å². The van der Waals surface area contributed by atoms with Crippen LogP contribution in [-0.2, 0) is 4.79 Å². The third-order valence-corrected chi connectivity index (χ3v) is 3.28. The average Bonchev–Trinajstić information content (AvgIpc) is 2.33. The van der Waals surface area contributed by atoms with Gasteiger partial charge in [-0.2, -0.15) is 0 Å². The second-order valence-electron chi connectivity index (χ2n) is 5.30. The SMILES string of the molecule is CCCC[C@H](NC(=O)NC(C)CC(C)CC)C(=O)O. The quantitative estimate of drug-likeness (QED) is 0.604. The molecule has 3 atom stereocenters. The fourth-order valence-corrected chi connectivity index (χ4v) is 1.92. The van der Waals surface area contributed by atoms with Crippen LogP contribution in [-0.4, -0.2) is 29.2 Å². The summed E-state index contributed by atoms with van der Waals surface area (Å²) in [7, 11) is 0. The molecule has 0 aromatic carbocycles. The maximum absolute atomic E-state index is 11.7. The molecule has 0 spiro atoms. The van der Waals surface area contributed by atoms with Crippen LogP contribution in [0.5, 0.6) is 0 Å². The minimum atomic E-state index is -0.974. The fraction of sp³-hybridized carbons (Fsp3) is 0.857. The molecule has 0 bridgehead atoms. The summed E-state index contributed by atoms with van der Waals surface area (Å²) < 4.78 is 0. The Morgan fingerprint density at radius 2 is 1.79 bits per heavy atom. The summed E-state index contributed by atoms with van der Waals surface area (Å²) in [5.74, 6) is -0.427. The fourth-order valence-electron chi connectivity index (χ4n) is 1.92. The number of urea groups is 1. The number of unbranched alkanes of at least 4 members (excludes halogenated alkanes) is 1. The van der Waals surface area contributed by atoms with E-state index in [2.05, 4.69) is 24.5 Å². The molecular formula is C14H28N2O3. The zero-order valence-corrected chi connectivity index (χ0v) is 12.5. The highest BCUT2D eigenvalue weighted by Crippen LogP contribution is 2.09. The number of aliphatic carboxylic acids is 1. The molecule has 5 nitrogen and oxygen atoms in total. The molecule has 3 N–H and O–H groups in total. The molecule has 2 unspecified atom stereocenters. The summed E-state index contributed by atoms with van der Waals surface area (Å²) in [4.78, 5) is 22.7. The molecule has 0 saturated heterocycles. The first kappa shape index (κ1) is 17.7. The Morgan fingerprint density at radius 3 is 2.26 bits per heavy atom. The Bertz CT molecular complexity index is 282. The van der Waals surface area contributed by atoms with Gasteiger partial charge >= 0.3 is 12.0 Å². The van der Waals surface area contributed by atoms with Crippen LogP contribution < -0.4 is 10.6 Å².